The molecule has 2 N–H and O–H groups in total. The van der Waals surface area contributed by atoms with E-state index in [1.807, 2.05) is 0 Å². The SMILES string of the molecule is CCCC1CCCN(c2ncnc(N)c2Br)CC1. The largest absolute Gasteiger partial charge is 0.383 e. The Hall–Kier alpha value is -0.840. The molecule has 2 rings (SSSR count). The van der Waals surface area contributed by atoms with Crippen LogP contribution in [0.15, 0.2) is 10.8 Å². The van der Waals surface area contributed by atoms with Crippen LogP contribution in [0, 0.1) is 5.92 Å². The summed E-state index contributed by atoms with van der Waals surface area (Å²) in [6.07, 6.45) is 8.01. The Morgan fingerprint density at radius 2 is 2.22 bits per heavy atom. The Kier molecular flexibility index (Phi) is 4.80. The number of halogens is 1. The van der Waals surface area contributed by atoms with Crippen molar-refractivity contribution in [2.24, 2.45) is 5.92 Å². The molecule has 1 unspecified atom stereocenters. The lowest BCUT2D eigenvalue weighted by molar-refractivity contribution is 0.435. The Balaban J connectivity index is 2.07. The first kappa shape index (κ1) is 13.6. The molecule has 1 aliphatic rings. The van der Waals surface area contributed by atoms with Crippen molar-refractivity contribution in [3.8, 4) is 0 Å². The molecular weight excluding hydrogens is 292 g/mol. The number of anilines is 2. The topological polar surface area (TPSA) is 55.0 Å². The molecule has 4 nitrogen and oxygen atoms in total. The van der Waals surface area contributed by atoms with Gasteiger partial charge in [-0.3, -0.25) is 0 Å². The molecule has 2 heterocycles. The molecule has 100 valence electrons. The Labute approximate surface area is 117 Å². The van der Waals surface area contributed by atoms with Crippen molar-refractivity contribution in [2.75, 3.05) is 23.7 Å². The van der Waals surface area contributed by atoms with Crippen molar-refractivity contribution in [2.45, 2.75) is 39.0 Å². The standard InChI is InChI=1S/C13H21BrN4/c1-2-4-10-5-3-7-18(8-6-10)13-11(14)12(15)16-9-17-13/h9-10H,2-8H2,1H3,(H2,15,16,17). The van der Waals surface area contributed by atoms with Crippen molar-refractivity contribution in [3.05, 3.63) is 10.8 Å². The minimum atomic E-state index is 0.523. The van der Waals surface area contributed by atoms with Crippen LogP contribution in [0.25, 0.3) is 0 Å². The number of nitrogen functional groups attached to an aromatic ring is 1. The van der Waals surface area contributed by atoms with Crippen LogP contribution < -0.4 is 10.6 Å². The van der Waals surface area contributed by atoms with Crippen LogP contribution in [0.3, 0.4) is 0 Å². The molecule has 0 bridgehead atoms. The molecule has 5 heteroatoms. The van der Waals surface area contributed by atoms with E-state index in [-0.39, 0.29) is 0 Å². The number of hydrogen-bond donors (Lipinski definition) is 1. The van der Waals surface area contributed by atoms with E-state index in [0.717, 1.165) is 29.3 Å². The lowest BCUT2D eigenvalue weighted by Gasteiger charge is -2.23. The molecule has 0 radical (unpaired) electrons. The summed E-state index contributed by atoms with van der Waals surface area (Å²) < 4.78 is 0.832. The van der Waals surface area contributed by atoms with Crippen LogP contribution in [-0.4, -0.2) is 23.1 Å². The fourth-order valence-corrected chi connectivity index (χ4v) is 3.12. The second-order valence-corrected chi connectivity index (χ2v) is 5.76. The number of hydrogen-bond acceptors (Lipinski definition) is 4. The third-order valence-corrected chi connectivity index (χ3v) is 4.40. The molecule has 1 aromatic rings. The van der Waals surface area contributed by atoms with Crippen molar-refractivity contribution in [1.29, 1.82) is 0 Å². The van der Waals surface area contributed by atoms with E-state index in [1.165, 1.54) is 32.1 Å². The van der Waals surface area contributed by atoms with Gasteiger partial charge in [-0.2, -0.15) is 0 Å². The lowest BCUT2D eigenvalue weighted by atomic mass is 9.96. The smallest absolute Gasteiger partial charge is 0.148 e. The van der Waals surface area contributed by atoms with Crippen LogP contribution in [0.5, 0.6) is 0 Å². The second-order valence-electron chi connectivity index (χ2n) is 4.97. The summed E-state index contributed by atoms with van der Waals surface area (Å²) in [5.41, 5.74) is 5.82. The number of nitrogens with two attached hydrogens (primary N) is 1. The van der Waals surface area contributed by atoms with E-state index in [9.17, 15) is 0 Å². The Bertz CT molecular complexity index is 397. The van der Waals surface area contributed by atoms with E-state index in [4.69, 9.17) is 5.73 Å². The van der Waals surface area contributed by atoms with Crippen molar-refractivity contribution < 1.29 is 0 Å². The van der Waals surface area contributed by atoms with Crippen molar-refractivity contribution in [1.82, 2.24) is 9.97 Å². The predicted molar refractivity (Wildman–Crippen MR) is 78.6 cm³/mol. The summed E-state index contributed by atoms with van der Waals surface area (Å²) in [7, 11) is 0. The highest BCUT2D eigenvalue weighted by atomic mass is 79.9. The van der Waals surface area contributed by atoms with Gasteiger partial charge in [-0.05, 0) is 41.1 Å². The van der Waals surface area contributed by atoms with Crippen LogP contribution in [0.2, 0.25) is 0 Å². The van der Waals surface area contributed by atoms with E-state index in [1.54, 1.807) is 6.33 Å². The summed E-state index contributed by atoms with van der Waals surface area (Å²) in [5, 5.41) is 0. The number of rotatable bonds is 3. The first-order valence-electron chi connectivity index (χ1n) is 6.73. The maximum absolute atomic E-state index is 5.82. The number of aromatic nitrogens is 2. The van der Waals surface area contributed by atoms with E-state index in [2.05, 4.69) is 37.7 Å². The molecule has 0 spiro atoms. The van der Waals surface area contributed by atoms with Crippen molar-refractivity contribution >= 4 is 27.6 Å². The molecule has 1 aromatic heterocycles. The predicted octanol–water partition coefficient (Wildman–Crippen LogP) is 3.23. The van der Waals surface area contributed by atoms with Crippen LogP contribution >= 0.6 is 15.9 Å². The molecule has 18 heavy (non-hydrogen) atoms. The van der Waals surface area contributed by atoms with Gasteiger partial charge in [-0.1, -0.05) is 19.8 Å². The quantitative estimate of drug-likeness (QED) is 0.931. The maximum Gasteiger partial charge on any atom is 0.148 e. The Morgan fingerprint density at radius 1 is 1.39 bits per heavy atom. The monoisotopic (exact) mass is 312 g/mol. The van der Waals surface area contributed by atoms with Gasteiger partial charge >= 0.3 is 0 Å². The van der Waals surface area contributed by atoms with Gasteiger partial charge in [0.25, 0.3) is 0 Å². The highest BCUT2D eigenvalue weighted by molar-refractivity contribution is 9.10. The van der Waals surface area contributed by atoms with Crippen LogP contribution in [0.4, 0.5) is 11.6 Å². The first-order chi connectivity index (χ1) is 8.72. The minimum Gasteiger partial charge on any atom is -0.383 e. The van der Waals surface area contributed by atoms with Gasteiger partial charge in [-0.25, -0.2) is 9.97 Å². The maximum atomic E-state index is 5.82. The summed E-state index contributed by atoms with van der Waals surface area (Å²) in [6.45, 7) is 4.40. The summed E-state index contributed by atoms with van der Waals surface area (Å²) in [5.74, 6) is 2.34. The summed E-state index contributed by atoms with van der Waals surface area (Å²) >= 11 is 3.50. The average molecular weight is 313 g/mol. The molecule has 0 saturated carbocycles. The molecule has 0 aliphatic carbocycles. The molecule has 1 fully saturated rings. The highest BCUT2D eigenvalue weighted by Crippen LogP contribution is 2.30. The van der Waals surface area contributed by atoms with Crippen LogP contribution in [-0.2, 0) is 0 Å². The van der Waals surface area contributed by atoms with Gasteiger partial charge in [0.15, 0.2) is 0 Å². The van der Waals surface area contributed by atoms with Crippen molar-refractivity contribution in [3.63, 3.8) is 0 Å². The van der Waals surface area contributed by atoms with Gasteiger partial charge in [0.2, 0.25) is 0 Å². The lowest BCUT2D eigenvalue weighted by Crippen LogP contribution is -2.26. The third kappa shape index (κ3) is 3.13. The fraction of sp³-hybridized carbons (Fsp3) is 0.692. The van der Waals surface area contributed by atoms with Gasteiger partial charge < -0.3 is 10.6 Å². The second kappa shape index (κ2) is 6.36. The molecule has 0 aromatic carbocycles. The van der Waals surface area contributed by atoms with E-state index >= 15 is 0 Å². The minimum absolute atomic E-state index is 0.523. The van der Waals surface area contributed by atoms with E-state index in [0.29, 0.717) is 5.82 Å². The van der Waals surface area contributed by atoms with Gasteiger partial charge in [0.05, 0.1) is 0 Å². The number of nitrogens with zero attached hydrogens (tertiary/aromatic N) is 3. The first-order valence-corrected chi connectivity index (χ1v) is 7.52. The van der Waals surface area contributed by atoms with Gasteiger partial charge in [-0.15, -0.1) is 0 Å². The zero-order chi connectivity index (χ0) is 13.0. The van der Waals surface area contributed by atoms with E-state index < -0.39 is 0 Å². The van der Waals surface area contributed by atoms with Crippen LogP contribution in [0.1, 0.15) is 39.0 Å². The zero-order valence-electron chi connectivity index (χ0n) is 10.9. The molecular formula is C13H21BrN4. The average Bonchev–Trinajstić information content (AvgIpc) is 2.59. The fourth-order valence-electron chi connectivity index (χ4n) is 2.67. The highest BCUT2D eigenvalue weighted by Gasteiger charge is 2.19. The van der Waals surface area contributed by atoms with Gasteiger partial charge in [0.1, 0.15) is 22.4 Å². The summed E-state index contributed by atoms with van der Waals surface area (Å²) in [6, 6.07) is 0. The molecule has 0 amide bonds. The Morgan fingerprint density at radius 3 is 3.00 bits per heavy atom. The zero-order valence-corrected chi connectivity index (χ0v) is 12.5. The van der Waals surface area contributed by atoms with Gasteiger partial charge in [0, 0.05) is 13.1 Å². The molecule has 1 aliphatic heterocycles. The molecule has 1 atom stereocenters. The third-order valence-electron chi connectivity index (χ3n) is 3.64. The normalized spacial score (nSPS) is 20.8. The molecule has 1 saturated heterocycles. The summed E-state index contributed by atoms with van der Waals surface area (Å²) in [4.78, 5) is 10.7.